The van der Waals surface area contributed by atoms with Crippen molar-refractivity contribution in [1.29, 1.82) is 0 Å². The van der Waals surface area contributed by atoms with Gasteiger partial charge in [0.15, 0.2) is 17.6 Å². The summed E-state index contributed by atoms with van der Waals surface area (Å²) in [5, 5.41) is 10.1. The highest BCUT2D eigenvalue weighted by atomic mass is 35.5. The van der Waals surface area contributed by atoms with Crippen LogP contribution in [0.15, 0.2) is 12.1 Å². The molecule has 0 amide bonds. The van der Waals surface area contributed by atoms with Crippen LogP contribution in [0.4, 0.5) is 0 Å². The molecule has 0 spiro atoms. The average Bonchev–Trinajstić information content (AvgIpc) is 2.38. The zero-order chi connectivity index (χ0) is 13.7. The van der Waals surface area contributed by atoms with Crippen LogP contribution in [-0.2, 0) is 9.53 Å². The van der Waals surface area contributed by atoms with E-state index in [1.807, 2.05) is 0 Å². The van der Waals surface area contributed by atoms with Crippen molar-refractivity contribution in [2.45, 2.75) is 13.0 Å². The molecule has 1 rings (SSSR count). The second-order valence-electron chi connectivity index (χ2n) is 3.35. The molecule has 0 saturated carbocycles. The Morgan fingerprint density at radius 1 is 1.44 bits per heavy atom. The van der Waals surface area contributed by atoms with Gasteiger partial charge in [0.2, 0.25) is 0 Å². The molecule has 6 heteroatoms. The number of esters is 1. The first-order chi connectivity index (χ1) is 8.56. The summed E-state index contributed by atoms with van der Waals surface area (Å²) in [5.74, 6) is -0.185. The molecule has 0 aromatic heterocycles. The summed E-state index contributed by atoms with van der Waals surface area (Å²) in [5.41, 5.74) is 0.143. The van der Waals surface area contributed by atoms with Crippen LogP contribution in [0, 0.1) is 0 Å². The van der Waals surface area contributed by atoms with Gasteiger partial charge < -0.3 is 19.3 Å². The summed E-state index contributed by atoms with van der Waals surface area (Å²) in [6, 6.07) is 3.12. The van der Waals surface area contributed by atoms with Gasteiger partial charge in [0.25, 0.3) is 0 Å². The highest BCUT2D eigenvalue weighted by molar-refractivity contribution is 6.32. The third-order valence-electron chi connectivity index (χ3n) is 2.31. The largest absolute Gasteiger partial charge is 0.493 e. The predicted octanol–water partition coefficient (Wildman–Crippen LogP) is 1.95. The molecule has 1 aromatic rings. The second kappa shape index (κ2) is 6.47. The van der Waals surface area contributed by atoms with E-state index < -0.39 is 12.1 Å². The van der Waals surface area contributed by atoms with Crippen molar-refractivity contribution >= 4 is 17.6 Å². The first-order valence-electron chi connectivity index (χ1n) is 5.31. The zero-order valence-electron chi connectivity index (χ0n) is 10.4. The number of aliphatic hydroxyl groups is 1. The van der Waals surface area contributed by atoms with Gasteiger partial charge in [-0.25, -0.2) is 4.79 Å². The van der Waals surface area contributed by atoms with E-state index >= 15 is 0 Å². The fraction of sp³-hybridized carbons (Fsp3) is 0.417. The molecule has 1 atom stereocenters. The van der Waals surface area contributed by atoms with E-state index in [1.54, 1.807) is 13.0 Å². The Kier molecular flexibility index (Phi) is 5.25. The Bertz CT molecular complexity index is 433. The fourth-order valence-corrected chi connectivity index (χ4v) is 1.75. The first kappa shape index (κ1) is 14.6. The van der Waals surface area contributed by atoms with Crippen molar-refractivity contribution in [3.8, 4) is 11.5 Å². The van der Waals surface area contributed by atoms with Crippen LogP contribution in [0.3, 0.4) is 0 Å². The Hall–Kier alpha value is -1.46. The maximum Gasteiger partial charge on any atom is 0.339 e. The summed E-state index contributed by atoms with van der Waals surface area (Å²) in [6.45, 7) is 2.12. The first-order valence-corrected chi connectivity index (χ1v) is 5.69. The minimum Gasteiger partial charge on any atom is -0.493 e. The highest BCUT2D eigenvalue weighted by Crippen LogP contribution is 2.40. The minimum atomic E-state index is -1.51. The lowest BCUT2D eigenvalue weighted by atomic mass is 10.1. The molecule has 0 aliphatic carbocycles. The molecular weight excluding hydrogens is 260 g/mol. The SMILES string of the molecule is CCOc1c(OC)ccc(Cl)c1C(O)C(=O)OC. The van der Waals surface area contributed by atoms with Crippen molar-refractivity contribution in [2.75, 3.05) is 20.8 Å². The van der Waals surface area contributed by atoms with Crippen LogP contribution in [0.25, 0.3) is 0 Å². The van der Waals surface area contributed by atoms with Gasteiger partial charge in [-0.3, -0.25) is 0 Å². The normalized spacial score (nSPS) is 11.8. The topological polar surface area (TPSA) is 65.0 Å². The van der Waals surface area contributed by atoms with Crippen LogP contribution in [0.1, 0.15) is 18.6 Å². The number of hydrogen-bond donors (Lipinski definition) is 1. The number of carbonyl (C=O) groups excluding carboxylic acids is 1. The van der Waals surface area contributed by atoms with Crippen molar-refractivity contribution in [1.82, 2.24) is 0 Å². The molecular formula is C12H15ClO5. The van der Waals surface area contributed by atoms with Gasteiger partial charge >= 0.3 is 5.97 Å². The number of halogens is 1. The minimum absolute atomic E-state index is 0.143. The van der Waals surface area contributed by atoms with Gasteiger partial charge in [-0.15, -0.1) is 0 Å². The lowest BCUT2D eigenvalue weighted by Gasteiger charge is -2.18. The van der Waals surface area contributed by atoms with Crippen LogP contribution in [-0.4, -0.2) is 31.9 Å². The molecule has 0 saturated heterocycles. The number of rotatable bonds is 5. The van der Waals surface area contributed by atoms with Crippen molar-refractivity contribution < 1.29 is 24.1 Å². The number of carbonyl (C=O) groups is 1. The molecule has 5 nitrogen and oxygen atoms in total. The molecule has 100 valence electrons. The van der Waals surface area contributed by atoms with Crippen molar-refractivity contribution in [3.63, 3.8) is 0 Å². The molecule has 1 N–H and O–H groups in total. The number of ether oxygens (including phenoxy) is 3. The molecule has 0 bridgehead atoms. The van der Waals surface area contributed by atoms with E-state index in [0.29, 0.717) is 12.4 Å². The summed E-state index contributed by atoms with van der Waals surface area (Å²) in [7, 11) is 2.64. The van der Waals surface area contributed by atoms with E-state index in [9.17, 15) is 9.90 Å². The molecule has 18 heavy (non-hydrogen) atoms. The average molecular weight is 275 g/mol. The van der Waals surface area contributed by atoms with E-state index in [1.165, 1.54) is 20.3 Å². The van der Waals surface area contributed by atoms with E-state index in [2.05, 4.69) is 4.74 Å². The standard InChI is InChI=1S/C12H15ClO5/c1-4-18-11-8(16-2)6-5-7(13)9(11)10(14)12(15)17-3/h5-6,10,14H,4H2,1-3H3. The Morgan fingerprint density at radius 2 is 2.11 bits per heavy atom. The smallest absolute Gasteiger partial charge is 0.339 e. The van der Waals surface area contributed by atoms with Gasteiger partial charge in [-0.1, -0.05) is 11.6 Å². The zero-order valence-corrected chi connectivity index (χ0v) is 11.2. The molecule has 1 aromatic carbocycles. The molecule has 0 aliphatic rings. The van der Waals surface area contributed by atoms with E-state index in [4.69, 9.17) is 21.1 Å². The number of benzene rings is 1. The molecule has 1 unspecified atom stereocenters. The summed E-state index contributed by atoms with van der Waals surface area (Å²) < 4.78 is 15.0. The number of hydrogen-bond acceptors (Lipinski definition) is 5. The summed E-state index contributed by atoms with van der Waals surface area (Å²) in [6.07, 6.45) is -1.51. The third kappa shape index (κ3) is 2.86. The van der Waals surface area contributed by atoms with Crippen molar-refractivity contribution in [3.05, 3.63) is 22.7 Å². The lowest BCUT2D eigenvalue weighted by molar-refractivity contribution is -0.150. The molecule has 0 heterocycles. The van der Waals surface area contributed by atoms with Gasteiger partial charge in [-0.2, -0.15) is 0 Å². The third-order valence-corrected chi connectivity index (χ3v) is 2.64. The van der Waals surface area contributed by atoms with Crippen molar-refractivity contribution in [2.24, 2.45) is 0 Å². The number of aliphatic hydroxyl groups excluding tert-OH is 1. The van der Waals surface area contributed by atoms with Crippen LogP contribution in [0.5, 0.6) is 11.5 Å². The monoisotopic (exact) mass is 274 g/mol. The Balaban J connectivity index is 3.34. The molecule has 0 fully saturated rings. The van der Waals surface area contributed by atoms with Gasteiger partial charge in [-0.05, 0) is 19.1 Å². The predicted molar refractivity (Wildman–Crippen MR) is 66.1 cm³/mol. The highest BCUT2D eigenvalue weighted by Gasteiger charge is 2.27. The Labute approximate surface area is 110 Å². The molecule has 0 radical (unpaired) electrons. The van der Waals surface area contributed by atoms with Crippen LogP contribution in [0.2, 0.25) is 5.02 Å². The molecule has 0 aliphatic heterocycles. The lowest BCUT2D eigenvalue weighted by Crippen LogP contribution is -2.15. The van der Waals surface area contributed by atoms with Gasteiger partial charge in [0, 0.05) is 0 Å². The van der Waals surface area contributed by atoms with E-state index in [0.717, 1.165) is 0 Å². The maximum absolute atomic E-state index is 11.4. The summed E-state index contributed by atoms with van der Waals surface area (Å²) >= 11 is 5.99. The fourth-order valence-electron chi connectivity index (χ4n) is 1.49. The van der Waals surface area contributed by atoms with Gasteiger partial charge in [0.05, 0.1) is 31.4 Å². The van der Waals surface area contributed by atoms with Crippen LogP contribution >= 0.6 is 11.6 Å². The second-order valence-corrected chi connectivity index (χ2v) is 3.76. The summed E-state index contributed by atoms with van der Waals surface area (Å²) in [4.78, 5) is 11.4. The van der Waals surface area contributed by atoms with Crippen LogP contribution < -0.4 is 9.47 Å². The van der Waals surface area contributed by atoms with E-state index in [-0.39, 0.29) is 16.3 Å². The maximum atomic E-state index is 11.4. The number of methoxy groups -OCH3 is 2. The van der Waals surface area contributed by atoms with Gasteiger partial charge in [0.1, 0.15) is 0 Å². The Morgan fingerprint density at radius 3 is 2.61 bits per heavy atom. The quantitative estimate of drug-likeness (QED) is 0.832.